The number of hydrogen-bond donors (Lipinski definition) is 0. The van der Waals surface area contributed by atoms with Crippen LogP contribution < -0.4 is 0 Å². The van der Waals surface area contributed by atoms with Crippen LogP contribution in [0.15, 0.2) is 60.7 Å². The number of aryl methyl sites for hydroxylation is 2. The second-order valence-corrected chi connectivity index (χ2v) is 6.23. The molecular weight excluding hydrogens is 280 g/mol. The van der Waals surface area contributed by atoms with Crippen LogP contribution >= 0.6 is 0 Å². The number of aromatic nitrogens is 2. The van der Waals surface area contributed by atoms with Crippen LogP contribution in [0.3, 0.4) is 0 Å². The molecule has 23 heavy (non-hydrogen) atoms. The van der Waals surface area contributed by atoms with Gasteiger partial charge in [-0.05, 0) is 49.2 Å². The highest BCUT2D eigenvalue weighted by Crippen LogP contribution is 2.32. The molecule has 3 aromatic heterocycles. The molecule has 5 aromatic rings. The molecular formula is C21H16N2. The molecule has 0 aliphatic carbocycles. The fourth-order valence-electron chi connectivity index (χ4n) is 3.61. The van der Waals surface area contributed by atoms with Gasteiger partial charge in [0.2, 0.25) is 0 Å². The van der Waals surface area contributed by atoms with Gasteiger partial charge in [0.05, 0.1) is 16.6 Å². The zero-order valence-corrected chi connectivity index (χ0v) is 13.2. The molecule has 0 N–H and O–H groups in total. The van der Waals surface area contributed by atoms with E-state index in [2.05, 4.69) is 72.8 Å². The fraction of sp³-hybridized carbons (Fsp3) is 0.0952. The van der Waals surface area contributed by atoms with E-state index in [1.54, 1.807) is 0 Å². The van der Waals surface area contributed by atoms with Crippen LogP contribution in [0.4, 0.5) is 0 Å². The molecule has 0 aliphatic rings. The maximum atomic E-state index is 4.99. The van der Waals surface area contributed by atoms with Gasteiger partial charge < -0.3 is 0 Å². The summed E-state index contributed by atoms with van der Waals surface area (Å²) in [6, 6.07) is 21.4. The Morgan fingerprint density at radius 1 is 0.739 bits per heavy atom. The van der Waals surface area contributed by atoms with E-state index in [9.17, 15) is 0 Å². The van der Waals surface area contributed by atoms with Crippen molar-refractivity contribution in [3.63, 3.8) is 0 Å². The summed E-state index contributed by atoms with van der Waals surface area (Å²) >= 11 is 0. The van der Waals surface area contributed by atoms with Gasteiger partial charge in [-0.3, -0.25) is 4.40 Å². The van der Waals surface area contributed by atoms with Gasteiger partial charge in [-0.2, -0.15) is 0 Å². The first kappa shape index (κ1) is 12.7. The van der Waals surface area contributed by atoms with Gasteiger partial charge >= 0.3 is 0 Å². The zero-order valence-electron chi connectivity index (χ0n) is 13.2. The summed E-state index contributed by atoms with van der Waals surface area (Å²) in [6.07, 6.45) is 0. The van der Waals surface area contributed by atoms with E-state index in [0.29, 0.717) is 0 Å². The normalized spacial score (nSPS) is 11.9. The van der Waals surface area contributed by atoms with Crippen molar-refractivity contribution in [3.05, 3.63) is 71.8 Å². The molecule has 2 aromatic carbocycles. The minimum absolute atomic E-state index is 1.04. The summed E-state index contributed by atoms with van der Waals surface area (Å²) in [5, 5.41) is 3.69. The standard InChI is InChI=1S/C21H16N2/c1-13-14(2)20-12-16-8-4-6-10-19(16)23(20)21-17(13)11-15-7-3-5-9-18(15)22-21/h3-12H,1-2H3. The molecule has 0 aliphatic heterocycles. The van der Waals surface area contributed by atoms with Gasteiger partial charge in [-0.15, -0.1) is 0 Å². The van der Waals surface area contributed by atoms with Crippen LogP contribution in [0.1, 0.15) is 11.1 Å². The van der Waals surface area contributed by atoms with E-state index in [1.807, 2.05) is 6.07 Å². The number of hydrogen-bond acceptors (Lipinski definition) is 1. The molecule has 2 heteroatoms. The van der Waals surface area contributed by atoms with Crippen LogP contribution in [0.25, 0.3) is 38.4 Å². The largest absolute Gasteiger partial charge is 0.294 e. The van der Waals surface area contributed by atoms with Crippen molar-refractivity contribution in [1.29, 1.82) is 0 Å². The predicted molar refractivity (Wildman–Crippen MR) is 97.2 cm³/mol. The topological polar surface area (TPSA) is 17.3 Å². The summed E-state index contributed by atoms with van der Waals surface area (Å²) in [5.74, 6) is 0. The van der Waals surface area contributed by atoms with E-state index < -0.39 is 0 Å². The first-order valence-electron chi connectivity index (χ1n) is 7.93. The van der Waals surface area contributed by atoms with Gasteiger partial charge in [0, 0.05) is 16.2 Å². The van der Waals surface area contributed by atoms with Crippen LogP contribution in [-0.4, -0.2) is 9.38 Å². The lowest BCUT2D eigenvalue weighted by Crippen LogP contribution is -1.97. The first-order chi connectivity index (χ1) is 11.2. The third-order valence-electron chi connectivity index (χ3n) is 4.98. The van der Waals surface area contributed by atoms with Gasteiger partial charge in [-0.1, -0.05) is 36.4 Å². The molecule has 0 fully saturated rings. The van der Waals surface area contributed by atoms with Crippen molar-refractivity contribution < 1.29 is 0 Å². The fourth-order valence-corrected chi connectivity index (χ4v) is 3.61. The number of nitrogens with zero attached hydrogens (tertiary/aromatic N) is 2. The van der Waals surface area contributed by atoms with E-state index >= 15 is 0 Å². The highest BCUT2D eigenvalue weighted by Gasteiger charge is 2.13. The van der Waals surface area contributed by atoms with Crippen LogP contribution in [0.5, 0.6) is 0 Å². The minimum Gasteiger partial charge on any atom is -0.294 e. The minimum atomic E-state index is 1.04. The quantitative estimate of drug-likeness (QED) is 0.349. The van der Waals surface area contributed by atoms with Crippen molar-refractivity contribution in [2.75, 3.05) is 0 Å². The molecule has 110 valence electrons. The van der Waals surface area contributed by atoms with Crippen LogP contribution in [0.2, 0.25) is 0 Å². The van der Waals surface area contributed by atoms with Crippen molar-refractivity contribution >= 4 is 38.4 Å². The van der Waals surface area contributed by atoms with E-state index in [-0.39, 0.29) is 0 Å². The summed E-state index contributed by atoms with van der Waals surface area (Å²) in [4.78, 5) is 4.99. The Labute approximate surface area is 134 Å². The van der Waals surface area contributed by atoms with Crippen molar-refractivity contribution in [1.82, 2.24) is 9.38 Å². The lowest BCUT2D eigenvalue weighted by molar-refractivity contribution is 1.22. The van der Waals surface area contributed by atoms with Gasteiger partial charge in [0.1, 0.15) is 5.65 Å². The van der Waals surface area contributed by atoms with Crippen LogP contribution in [-0.2, 0) is 0 Å². The second kappa shape index (κ2) is 4.32. The Bertz CT molecular complexity index is 1230. The maximum Gasteiger partial charge on any atom is 0.145 e. The van der Waals surface area contributed by atoms with Crippen molar-refractivity contribution in [2.24, 2.45) is 0 Å². The second-order valence-electron chi connectivity index (χ2n) is 6.23. The molecule has 0 saturated carbocycles. The predicted octanol–water partition coefficient (Wildman–Crippen LogP) is 5.41. The third kappa shape index (κ3) is 1.61. The molecule has 0 saturated heterocycles. The van der Waals surface area contributed by atoms with Crippen LogP contribution in [0, 0.1) is 13.8 Å². The highest BCUT2D eigenvalue weighted by molar-refractivity contribution is 6.00. The number of fused-ring (bicyclic) bond motifs is 6. The van der Waals surface area contributed by atoms with E-state index in [4.69, 9.17) is 4.98 Å². The number of pyridine rings is 2. The number of rotatable bonds is 0. The third-order valence-corrected chi connectivity index (χ3v) is 4.98. The number of benzene rings is 2. The van der Waals surface area contributed by atoms with E-state index in [1.165, 1.54) is 38.3 Å². The van der Waals surface area contributed by atoms with Gasteiger partial charge in [0.15, 0.2) is 0 Å². The Hall–Kier alpha value is -2.87. The highest BCUT2D eigenvalue weighted by atomic mass is 15.0. The summed E-state index contributed by atoms with van der Waals surface area (Å²) in [5.41, 5.74) is 7.20. The molecule has 2 nitrogen and oxygen atoms in total. The maximum absolute atomic E-state index is 4.99. The molecule has 0 spiro atoms. The Balaban J connectivity index is 2.15. The average molecular weight is 296 g/mol. The van der Waals surface area contributed by atoms with Crippen molar-refractivity contribution in [2.45, 2.75) is 13.8 Å². The number of para-hydroxylation sites is 2. The summed E-state index contributed by atoms with van der Waals surface area (Å²) in [6.45, 7) is 4.41. The molecule has 0 unspecified atom stereocenters. The summed E-state index contributed by atoms with van der Waals surface area (Å²) in [7, 11) is 0. The van der Waals surface area contributed by atoms with E-state index in [0.717, 1.165) is 11.2 Å². The SMILES string of the molecule is Cc1c(C)c2cc3ccccc3n2c2nc3ccccc3cc12. The Kier molecular flexibility index (Phi) is 2.38. The Morgan fingerprint density at radius 3 is 2.35 bits per heavy atom. The van der Waals surface area contributed by atoms with Crippen molar-refractivity contribution in [3.8, 4) is 0 Å². The average Bonchev–Trinajstić information content (AvgIpc) is 2.98. The molecule has 5 rings (SSSR count). The van der Waals surface area contributed by atoms with Gasteiger partial charge in [0.25, 0.3) is 0 Å². The first-order valence-corrected chi connectivity index (χ1v) is 7.93. The molecule has 0 radical (unpaired) electrons. The molecule has 0 atom stereocenters. The lowest BCUT2D eigenvalue weighted by atomic mass is 10.0. The van der Waals surface area contributed by atoms with Gasteiger partial charge in [-0.25, -0.2) is 4.98 Å². The smallest absolute Gasteiger partial charge is 0.145 e. The zero-order chi connectivity index (χ0) is 15.6. The molecule has 0 bridgehead atoms. The molecule has 3 heterocycles. The Morgan fingerprint density at radius 2 is 1.48 bits per heavy atom. The summed E-state index contributed by atoms with van der Waals surface area (Å²) < 4.78 is 2.30. The lowest BCUT2D eigenvalue weighted by Gasteiger charge is -2.12. The molecule has 0 amide bonds. The monoisotopic (exact) mass is 296 g/mol.